The fourth-order valence-electron chi connectivity index (χ4n) is 0.963. The van der Waals surface area contributed by atoms with E-state index >= 15 is 0 Å². The minimum absolute atomic E-state index is 0.308. The Hall–Kier alpha value is -0.420. The Morgan fingerprint density at radius 2 is 1.93 bits per heavy atom. The maximum Gasteiger partial charge on any atom is 0.137 e. The third-order valence-electron chi connectivity index (χ3n) is 2.34. The van der Waals surface area contributed by atoms with Crippen molar-refractivity contribution >= 4 is 13.6 Å². The largest absolute Gasteiger partial charge is 0.811 e. The van der Waals surface area contributed by atoms with Crippen molar-refractivity contribution in [1.82, 2.24) is 0 Å². The van der Waals surface area contributed by atoms with Crippen molar-refractivity contribution in [3.05, 3.63) is 0 Å². The van der Waals surface area contributed by atoms with Crippen LogP contribution in [0.4, 0.5) is 0 Å². The van der Waals surface area contributed by atoms with Gasteiger partial charge in [0.25, 0.3) is 0 Å². The molecule has 0 saturated carbocycles. The van der Waals surface area contributed by atoms with E-state index in [-0.39, 0.29) is 12.3 Å². The number of quaternary nitrogens is 1. The zero-order chi connectivity index (χ0) is 11.6. The van der Waals surface area contributed by atoms with Gasteiger partial charge in [0.15, 0.2) is 0 Å². The number of hydrogen-bond acceptors (Lipinski definition) is 5. The first kappa shape index (κ1) is 13.6. The molecular formula is C7H14NO5P-2. The lowest BCUT2D eigenvalue weighted by Crippen LogP contribution is -2.82. The van der Waals surface area contributed by atoms with Gasteiger partial charge in [-0.1, -0.05) is 21.4 Å². The average Bonchev–Trinajstić information content (AvgIpc) is 1.97. The third-order valence-corrected chi connectivity index (χ3v) is 3.11. The molecule has 3 N–H and O–H groups in total. The van der Waals surface area contributed by atoms with Crippen LogP contribution in [0.15, 0.2) is 0 Å². The number of hydrogen-bond donors (Lipinski definition) is 1. The van der Waals surface area contributed by atoms with Gasteiger partial charge in [-0.3, -0.25) is 0 Å². The van der Waals surface area contributed by atoms with Crippen LogP contribution < -0.4 is 20.6 Å². The molecule has 0 aromatic heterocycles. The molecule has 6 nitrogen and oxygen atoms in total. The first-order valence-electron chi connectivity index (χ1n) is 4.17. The van der Waals surface area contributed by atoms with E-state index in [1.54, 1.807) is 13.8 Å². The molecule has 0 spiro atoms. The number of carboxylic acid groups (broad SMARTS) is 1. The highest BCUT2D eigenvalue weighted by molar-refractivity contribution is 7.48. The molecule has 0 rings (SSSR count). The van der Waals surface area contributed by atoms with Gasteiger partial charge < -0.3 is 30.0 Å². The first-order valence-corrected chi connectivity index (χ1v) is 5.90. The summed E-state index contributed by atoms with van der Waals surface area (Å²) < 4.78 is 10.4. The highest BCUT2D eigenvalue weighted by Gasteiger charge is 2.34. The lowest BCUT2D eigenvalue weighted by atomic mass is 9.85. The molecule has 0 aromatic rings. The molecule has 0 aliphatic heterocycles. The zero-order valence-corrected chi connectivity index (χ0v) is 9.08. The second-order valence-electron chi connectivity index (χ2n) is 3.68. The molecule has 0 fully saturated rings. The summed E-state index contributed by atoms with van der Waals surface area (Å²) in [4.78, 5) is 31.4. The second kappa shape index (κ2) is 4.40. The van der Waals surface area contributed by atoms with Gasteiger partial charge in [0, 0.05) is 12.3 Å². The van der Waals surface area contributed by atoms with Crippen molar-refractivity contribution in [1.29, 1.82) is 0 Å². The SMILES string of the molecule is CC(C)[C@]([NH3+])(CCP(=O)([O-])[O-])C(=O)[O-]. The summed E-state index contributed by atoms with van der Waals surface area (Å²) in [6.07, 6.45) is -1.01. The lowest BCUT2D eigenvalue weighted by molar-refractivity contribution is -0.497. The van der Waals surface area contributed by atoms with E-state index < -0.39 is 25.3 Å². The molecular weight excluding hydrogens is 209 g/mol. The zero-order valence-electron chi connectivity index (χ0n) is 8.19. The van der Waals surface area contributed by atoms with E-state index in [0.717, 1.165) is 0 Å². The van der Waals surface area contributed by atoms with Gasteiger partial charge in [-0.25, -0.2) is 0 Å². The van der Waals surface area contributed by atoms with E-state index in [0.29, 0.717) is 0 Å². The molecule has 0 radical (unpaired) electrons. The maximum atomic E-state index is 10.7. The highest BCUT2D eigenvalue weighted by Crippen LogP contribution is 2.28. The molecule has 0 saturated heterocycles. The van der Waals surface area contributed by atoms with Crippen molar-refractivity contribution in [2.45, 2.75) is 25.8 Å². The van der Waals surface area contributed by atoms with Gasteiger partial charge in [0.1, 0.15) is 11.5 Å². The van der Waals surface area contributed by atoms with E-state index in [2.05, 4.69) is 5.73 Å². The van der Waals surface area contributed by atoms with E-state index in [9.17, 15) is 24.3 Å². The highest BCUT2D eigenvalue weighted by atomic mass is 31.2. The Kier molecular flexibility index (Phi) is 4.27. The quantitative estimate of drug-likeness (QED) is 0.487. The van der Waals surface area contributed by atoms with Gasteiger partial charge in [-0.15, -0.1) is 0 Å². The topological polar surface area (TPSA) is 131 Å². The van der Waals surface area contributed by atoms with Crippen molar-refractivity contribution in [3.8, 4) is 0 Å². The number of aliphatic carboxylic acids is 1. The summed E-state index contributed by atoms with van der Waals surface area (Å²) in [6.45, 7) is 3.17. The van der Waals surface area contributed by atoms with Crippen LogP contribution in [-0.4, -0.2) is 17.7 Å². The molecule has 0 unspecified atom stereocenters. The smallest absolute Gasteiger partial charge is 0.137 e. The van der Waals surface area contributed by atoms with Crippen LogP contribution in [0.5, 0.6) is 0 Å². The summed E-state index contributed by atoms with van der Waals surface area (Å²) in [6, 6.07) is 0. The fourth-order valence-corrected chi connectivity index (χ4v) is 1.64. The molecule has 84 valence electrons. The minimum atomic E-state index is -4.67. The number of rotatable bonds is 5. The van der Waals surface area contributed by atoms with Crippen LogP contribution in [0.1, 0.15) is 20.3 Å². The molecule has 7 heteroatoms. The van der Waals surface area contributed by atoms with Gasteiger partial charge in [0.2, 0.25) is 0 Å². The van der Waals surface area contributed by atoms with E-state index in [1.165, 1.54) is 0 Å². The molecule has 0 aromatic carbocycles. The Labute approximate surface area is 82.3 Å². The van der Waals surface area contributed by atoms with Crippen LogP contribution in [0.25, 0.3) is 0 Å². The van der Waals surface area contributed by atoms with Crippen LogP contribution in [0.3, 0.4) is 0 Å². The number of carbonyl (C=O) groups excluding carboxylic acids is 1. The normalized spacial score (nSPS) is 16.7. The molecule has 14 heavy (non-hydrogen) atoms. The van der Waals surface area contributed by atoms with Crippen molar-refractivity contribution in [3.63, 3.8) is 0 Å². The van der Waals surface area contributed by atoms with Crippen LogP contribution in [0, 0.1) is 5.92 Å². The summed E-state index contributed by atoms with van der Waals surface area (Å²) in [5.41, 5.74) is 1.90. The average molecular weight is 223 g/mol. The van der Waals surface area contributed by atoms with Crippen molar-refractivity contribution in [2.75, 3.05) is 6.16 Å². The number of carboxylic acids is 1. The summed E-state index contributed by atoms with van der Waals surface area (Å²) in [5, 5.41) is 10.7. The predicted octanol–water partition coefficient (Wildman–Crippen LogP) is -3.32. The fraction of sp³-hybridized carbons (Fsp3) is 0.857. The van der Waals surface area contributed by atoms with Crippen LogP contribution in [-0.2, 0) is 9.36 Å². The standard InChI is InChI=1S/C7H16NO5P/c1-5(2)7(8,6(9)10)3-4-14(11,12)13/h5H,3-4,8H2,1-2H3,(H,9,10)(H2,11,12,13)/p-2/t7-/m1/s1. The minimum Gasteiger partial charge on any atom is -0.811 e. The van der Waals surface area contributed by atoms with E-state index in [4.69, 9.17) is 0 Å². The molecule has 0 bridgehead atoms. The van der Waals surface area contributed by atoms with Gasteiger partial charge in [0.05, 0.1) is 0 Å². The molecule has 0 aliphatic rings. The molecule has 1 atom stereocenters. The Morgan fingerprint density at radius 3 is 2.14 bits per heavy atom. The predicted molar refractivity (Wildman–Crippen MR) is 42.6 cm³/mol. The van der Waals surface area contributed by atoms with Crippen LogP contribution in [0.2, 0.25) is 0 Å². The maximum absolute atomic E-state index is 10.7. The number of carbonyl (C=O) groups is 1. The summed E-state index contributed by atoms with van der Waals surface area (Å²) in [7, 11) is -4.67. The first-order chi connectivity index (χ1) is 6.09. The second-order valence-corrected chi connectivity index (χ2v) is 5.35. The van der Waals surface area contributed by atoms with Crippen molar-refractivity contribution in [2.24, 2.45) is 5.92 Å². The Morgan fingerprint density at radius 1 is 1.50 bits per heavy atom. The van der Waals surface area contributed by atoms with Crippen LogP contribution >= 0.6 is 7.60 Å². The van der Waals surface area contributed by atoms with Crippen molar-refractivity contribution < 1.29 is 30.0 Å². The monoisotopic (exact) mass is 223 g/mol. The van der Waals surface area contributed by atoms with Gasteiger partial charge >= 0.3 is 0 Å². The molecule has 0 aliphatic carbocycles. The van der Waals surface area contributed by atoms with E-state index in [1.807, 2.05) is 0 Å². The van der Waals surface area contributed by atoms with Gasteiger partial charge in [-0.05, 0) is 6.16 Å². The molecule has 0 amide bonds. The molecule has 0 heterocycles. The Bertz CT molecular complexity index is 261. The Balaban J connectivity index is 4.56. The summed E-state index contributed by atoms with van der Waals surface area (Å²) >= 11 is 0. The summed E-state index contributed by atoms with van der Waals surface area (Å²) in [5.74, 6) is -1.82. The van der Waals surface area contributed by atoms with Gasteiger partial charge in [-0.2, -0.15) is 0 Å². The lowest BCUT2D eigenvalue weighted by Gasteiger charge is -2.36. The third kappa shape index (κ3) is 3.75.